The lowest BCUT2D eigenvalue weighted by Crippen LogP contribution is -1.96. The molecule has 0 bridgehead atoms. The van der Waals surface area contributed by atoms with E-state index in [9.17, 15) is 0 Å². The summed E-state index contributed by atoms with van der Waals surface area (Å²) in [6.07, 6.45) is 3.69. The van der Waals surface area contributed by atoms with Crippen molar-refractivity contribution in [3.63, 3.8) is 0 Å². The molecule has 0 saturated heterocycles. The van der Waals surface area contributed by atoms with Gasteiger partial charge in [0.1, 0.15) is 0 Å². The third-order valence-electron chi connectivity index (χ3n) is 10.7. The predicted octanol–water partition coefficient (Wildman–Crippen LogP) is 13.7. The highest BCUT2D eigenvalue weighted by atomic mass is 32.1. The molecule has 0 spiro atoms. The molecule has 7 aromatic carbocycles. The van der Waals surface area contributed by atoms with Crippen molar-refractivity contribution in [2.45, 2.75) is 0 Å². The summed E-state index contributed by atoms with van der Waals surface area (Å²) in [7, 11) is 0. The van der Waals surface area contributed by atoms with Crippen molar-refractivity contribution in [3.8, 4) is 61.8 Å². The molecule has 5 heteroatoms. The van der Waals surface area contributed by atoms with Crippen LogP contribution in [0.1, 0.15) is 0 Å². The molecule has 11 aromatic rings. The number of hydrogen-bond acceptors (Lipinski definition) is 4. The Kier molecular flexibility index (Phi) is 7.64. The maximum atomic E-state index is 5.09. The fourth-order valence-corrected chi connectivity index (χ4v) is 9.14. The van der Waals surface area contributed by atoms with Crippen molar-refractivity contribution < 1.29 is 0 Å². The van der Waals surface area contributed by atoms with Crippen molar-refractivity contribution in [1.82, 2.24) is 19.5 Å². The Morgan fingerprint density at radius 3 is 1.75 bits per heavy atom. The lowest BCUT2D eigenvalue weighted by Gasteiger charge is -2.11. The van der Waals surface area contributed by atoms with Crippen LogP contribution in [-0.2, 0) is 0 Å². The number of benzene rings is 7. The zero-order valence-electron chi connectivity index (χ0n) is 30.2. The number of nitrogens with zero attached hydrogens (tertiary/aromatic N) is 4. The van der Waals surface area contributed by atoms with Gasteiger partial charge in [0.2, 0.25) is 0 Å². The second kappa shape index (κ2) is 13.3. The van der Waals surface area contributed by atoms with Gasteiger partial charge in [0.15, 0.2) is 5.82 Å². The zero-order chi connectivity index (χ0) is 37.0. The van der Waals surface area contributed by atoms with Gasteiger partial charge < -0.3 is 4.57 Å². The van der Waals surface area contributed by atoms with Gasteiger partial charge in [0.05, 0.1) is 28.1 Å². The van der Waals surface area contributed by atoms with Gasteiger partial charge in [0.25, 0.3) is 0 Å². The van der Waals surface area contributed by atoms with Gasteiger partial charge >= 0.3 is 0 Å². The Morgan fingerprint density at radius 1 is 0.393 bits per heavy atom. The fourth-order valence-electron chi connectivity index (χ4n) is 8.01. The van der Waals surface area contributed by atoms with Gasteiger partial charge in [-0.1, -0.05) is 133 Å². The molecule has 0 N–H and O–H groups in total. The van der Waals surface area contributed by atoms with E-state index in [0.29, 0.717) is 5.82 Å². The lowest BCUT2D eigenvalue weighted by molar-refractivity contribution is 1.18. The third kappa shape index (κ3) is 5.48. The largest absolute Gasteiger partial charge is 0.309 e. The van der Waals surface area contributed by atoms with E-state index in [2.05, 4.69) is 167 Å². The molecule has 0 aliphatic rings. The Balaban J connectivity index is 0.989. The van der Waals surface area contributed by atoms with Crippen LogP contribution in [0.5, 0.6) is 0 Å². The zero-order valence-corrected chi connectivity index (χ0v) is 31.0. The summed E-state index contributed by atoms with van der Waals surface area (Å²) in [5, 5.41) is 5.09. The second-order valence-corrected chi connectivity index (χ2v) is 15.1. The van der Waals surface area contributed by atoms with Crippen molar-refractivity contribution in [3.05, 3.63) is 194 Å². The van der Waals surface area contributed by atoms with E-state index in [1.165, 1.54) is 53.2 Å². The Labute approximate surface area is 327 Å². The molecule has 11 rings (SSSR count). The van der Waals surface area contributed by atoms with Crippen molar-refractivity contribution in [2.75, 3.05) is 0 Å². The standard InChI is InChI=1S/C51H32N4S/c1-2-10-37(11-3-1)51-53-43(31-44(54-51)36-25-21-34(22-26-36)39-12-9-29-52-32-39)35-23-19-33(20-24-35)38-27-28-46-42(30-38)40-13-4-6-15-45(40)55(46)47-16-8-18-49-50(47)41-14-5-7-17-48(41)56-49/h1-32H. The van der Waals surface area contributed by atoms with Gasteiger partial charge in [-0.05, 0) is 70.8 Å². The van der Waals surface area contributed by atoms with Crippen molar-refractivity contribution in [2.24, 2.45) is 0 Å². The van der Waals surface area contributed by atoms with Crippen LogP contribution in [-0.4, -0.2) is 19.5 Å². The monoisotopic (exact) mass is 732 g/mol. The summed E-state index contributed by atoms with van der Waals surface area (Å²) in [6, 6.07) is 64.7. The van der Waals surface area contributed by atoms with Crippen LogP contribution in [0.2, 0.25) is 0 Å². The normalized spacial score (nSPS) is 11.6. The van der Waals surface area contributed by atoms with Gasteiger partial charge in [-0.3, -0.25) is 4.98 Å². The quantitative estimate of drug-likeness (QED) is 0.171. The van der Waals surface area contributed by atoms with E-state index in [1.807, 2.05) is 41.8 Å². The Morgan fingerprint density at radius 2 is 1.00 bits per heavy atom. The van der Waals surface area contributed by atoms with E-state index in [-0.39, 0.29) is 0 Å². The minimum absolute atomic E-state index is 0.700. The van der Waals surface area contributed by atoms with Crippen molar-refractivity contribution >= 4 is 53.3 Å². The molecule has 4 heterocycles. The predicted molar refractivity (Wildman–Crippen MR) is 234 cm³/mol. The molecule has 0 unspecified atom stereocenters. The fraction of sp³-hybridized carbons (Fsp3) is 0. The molecule has 262 valence electrons. The number of hydrogen-bond donors (Lipinski definition) is 0. The molecule has 4 nitrogen and oxygen atoms in total. The maximum absolute atomic E-state index is 5.09. The summed E-state index contributed by atoms with van der Waals surface area (Å²) in [5.41, 5.74) is 13.0. The molecule has 0 aliphatic heterocycles. The number of thiophene rings is 1. The highest BCUT2D eigenvalue weighted by Crippen LogP contribution is 2.42. The van der Waals surface area contributed by atoms with Crippen LogP contribution in [0.3, 0.4) is 0 Å². The van der Waals surface area contributed by atoms with E-state index >= 15 is 0 Å². The first-order chi connectivity index (χ1) is 27.7. The van der Waals surface area contributed by atoms with E-state index in [0.717, 1.165) is 44.8 Å². The van der Waals surface area contributed by atoms with E-state index < -0.39 is 0 Å². The number of para-hydroxylation sites is 1. The first-order valence-electron chi connectivity index (χ1n) is 18.8. The average molecular weight is 733 g/mol. The number of fused-ring (bicyclic) bond motifs is 6. The first kappa shape index (κ1) is 32.2. The van der Waals surface area contributed by atoms with Crippen LogP contribution in [0.15, 0.2) is 194 Å². The molecular formula is C51H32N4S. The number of rotatable bonds is 6. The van der Waals surface area contributed by atoms with Crippen LogP contribution in [0.4, 0.5) is 0 Å². The number of aromatic nitrogens is 4. The Hall–Kier alpha value is -7.21. The van der Waals surface area contributed by atoms with Gasteiger partial charge in [0, 0.05) is 60.0 Å². The third-order valence-corrected chi connectivity index (χ3v) is 11.9. The minimum atomic E-state index is 0.700. The van der Waals surface area contributed by atoms with Crippen molar-refractivity contribution in [1.29, 1.82) is 0 Å². The smallest absolute Gasteiger partial charge is 0.160 e. The van der Waals surface area contributed by atoms with Crippen LogP contribution in [0.25, 0.3) is 104 Å². The highest BCUT2D eigenvalue weighted by Gasteiger charge is 2.18. The molecule has 0 fully saturated rings. The van der Waals surface area contributed by atoms with Gasteiger partial charge in [-0.25, -0.2) is 9.97 Å². The van der Waals surface area contributed by atoms with E-state index in [4.69, 9.17) is 9.97 Å². The van der Waals surface area contributed by atoms with Gasteiger partial charge in [-0.2, -0.15) is 0 Å². The van der Waals surface area contributed by atoms with Gasteiger partial charge in [-0.15, -0.1) is 11.3 Å². The second-order valence-electron chi connectivity index (χ2n) is 14.1. The molecule has 56 heavy (non-hydrogen) atoms. The summed E-state index contributed by atoms with van der Waals surface area (Å²) in [5.74, 6) is 0.700. The molecule has 4 aromatic heterocycles. The molecular weight excluding hydrogens is 701 g/mol. The van der Waals surface area contributed by atoms with E-state index in [1.54, 1.807) is 6.20 Å². The topological polar surface area (TPSA) is 43.6 Å². The summed E-state index contributed by atoms with van der Waals surface area (Å²) >= 11 is 1.86. The molecule has 0 aliphatic carbocycles. The average Bonchev–Trinajstić information content (AvgIpc) is 3.83. The SMILES string of the molecule is c1ccc(-c2nc(-c3ccc(-c4cccnc4)cc3)cc(-c3ccc(-c4ccc5c(c4)c4ccccc4n5-c4cccc5sc6ccccc6c45)cc3)n2)cc1. The molecule has 0 atom stereocenters. The Bertz CT molecular complexity index is 3220. The van der Waals surface area contributed by atoms with Crippen LogP contribution < -0.4 is 0 Å². The maximum Gasteiger partial charge on any atom is 0.160 e. The minimum Gasteiger partial charge on any atom is -0.309 e. The summed E-state index contributed by atoms with van der Waals surface area (Å²) < 4.78 is 5.06. The summed E-state index contributed by atoms with van der Waals surface area (Å²) in [6.45, 7) is 0. The first-order valence-corrected chi connectivity index (χ1v) is 19.6. The molecule has 0 amide bonds. The van der Waals surface area contributed by atoms with Crippen LogP contribution in [0, 0.1) is 0 Å². The van der Waals surface area contributed by atoms with Crippen LogP contribution >= 0.6 is 11.3 Å². The molecule has 0 radical (unpaired) electrons. The highest BCUT2D eigenvalue weighted by molar-refractivity contribution is 7.25. The number of pyridine rings is 1. The lowest BCUT2D eigenvalue weighted by atomic mass is 9.99. The molecule has 0 saturated carbocycles. The summed E-state index contributed by atoms with van der Waals surface area (Å²) in [4.78, 5) is 14.4.